The van der Waals surface area contributed by atoms with Gasteiger partial charge in [-0.25, -0.2) is 0 Å². The maximum Gasteiger partial charge on any atom is 0.0237 e. The third-order valence-corrected chi connectivity index (χ3v) is 4.83. The van der Waals surface area contributed by atoms with Gasteiger partial charge in [-0.05, 0) is 36.0 Å². The third kappa shape index (κ3) is 4.66. The number of nitrogens with one attached hydrogen (secondary N) is 1. The fraction of sp³-hybridized carbons (Fsp3) is 0.429. The summed E-state index contributed by atoms with van der Waals surface area (Å²) in [6.45, 7) is 8.98. The van der Waals surface area contributed by atoms with Crippen LogP contribution in [0.4, 0.5) is 0 Å². The molecule has 2 aromatic carbocycles. The molecule has 2 aromatic rings. The van der Waals surface area contributed by atoms with Gasteiger partial charge in [0.15, 0.2) is 0 Å². The van der Waals surface area contributed by atoms with Crippen molar-refractivity contribution < 1.29 is 0 Å². The summed E-state index contributed by atoms with van der Waals surface area (Å²) in [7, 11) is 0. The first-order chi connectivity index (χ1) is 11.2. The van der Waals surface area contributed by atoms with E-state index in [4.69, 9.17) is 0 Å². The zero-order valence-corrected chi connectivity index (χ0v) is 14.3. The highest BCUT2D eigenvalue weighted by atomic mass is 15.2. The van der Waals surface area contributed by atoms with Crippen molar-refractivity contribution in [3.63, 3.8) is 0 Å². The molecule has 2 nitrogen and oxygen atoms in total. The molecule has 0 spiro atoms. The number of piperidine rings is 1. The number of hydrogen-bond donors (Lipinski definition) is 1. The minimum atomic E-state index is 0.586. The second kappa shape index (κ2) is 7.76. The van der Waals surface area contributed by atoms with Crippen LogP contribution >= 0.6 is 0 Å². The van der Waals surface area contributed by atoms with E-state index in [1.165, 1.54) is 29.7 Å². The van der Waals surface area contributed by atoms with E-state index in [1.54, 1.807) is 0 Å². The van der Waals surface area contributed by atoms with Crippen molar-refractivity contribution in [1.29, 1.82) is 0 Å². The van der Waals surface area contributed by atoms with E-state index in [0.29, 0.717) is 6.04 Å². The van der Waals surface area contributed by atoms with Crippen LogP contribution in [-0.2, 0) is 13.1 Å². The molecule has 0 saturated carbocycles. The predicted molar refractivity (Wildman–Crippen MR) is 97.3 cm³/mol. The lowest BCUT2D eigenvalue weighted by atomic mass is 9.95. The molecular formula is C21H28N2. The van der Waals surface area contributed by atoms with Gasteiger partial charge in [-0.1, -0.05) is 61.5 Å². The highest BCUT2D eigenvalue weighted by Gasteiger charge is 2.24. The second-order valence-electron chi connectivity index (χ2n) is 7.02. The summed E-state index contributed by atoms with van der Waals surface area (Å²) in [6, 6.07) is 20.1. The Hall–Kier alpha value is -1.64. The van der Waals surface area contributed by atoms with Crippen molar-refractivity contribution in [3.05, 3.63) is 71.3 Å². The van der Waals surface area contributed by atoms with Crippen molar-refractivity contribution in [2.24, 2.45) is 5.92 Å². The molecule has 1 aliphatic rings. The Bertz CT molecular complexity index is 608. The smallest absolute Gasteiger partial charge is 0.0237 e. The average Bonchev–Trinajstić information content (AvgIpc) is 2.56. The first-order valence-corrected chi connectivity index (χ1v) is 8.75. The highest BCUT2D eigenvalue weighted by Crippen LogP contribution is 2.20. The lowest BCUT2D eigenvalue weighted by Crippen LogP contribution is -2.48. The van der Waals surface area contributed by atoms with E-state index in [9.17, 15) is 0 Å². The number of benzene rings is 2. The Morgan fingerprint density at radius 3 is 2.52 bits per heavy atom. The summed E-state index contributed by atoms with van der Waals surface area (Å²) in [5, 5.41) is 3.76. The normalized spacial score (nSPS) is 22.2. The fourth-order valence-corrected chi connectivity index (χ4v) is 3.63. The predicted octanol–water partition coefficient (Wildman–Crippen LogP) is 4.00. The van der Waals surface area contributed by atoms with Crippen molar-refractivity contribution in [3.8, 4) is 0 Å². The number of aryl methyl sites for hydroxylation is 1. The lowest BCUT2D eigenvalue weighted by molar-refractivity contribution is 0.141. The Balaban J connectivity index is 1.57. The average molecular weight is 308 g/mol. The number of nitrogens with zero attached hydrogens (tertiary/aromatic N) is 1. The third-order valence-electron chi connectivity index (χ3n) is 4.83. The minimum absolute atomic E-state index is 0.586. The van der Waals surface area contributed by atoms with Gasteiger partial charge in [0.1, 0.15) is 0 Å². The zero-order chi connectivity index (χ0) is 16.1. The first-order valence-electron chi connectivity index (χ1n) is 8.75. The van der Waals surface area contributed by atoms with Crippen molar-refractivity contribution >= 4 is 0 Å². The highest BCUT2D eigenvalue weighted by molar-refractivity contribution is 5.25. The monoisotopic (exact) mass is 308 g/mol. The maximum absolute atomic E-state index is 3.76. The molecule has 1 heterocycles. The van der Waals surface area contributed by atoms with Crippen molar-refractivity contribution in [2.75, 3.05) is 13.1 Å². The second-order valence-corrected chi connectivity index (χ2v) is 7.02. The molecule has 23 heavy (non-hydrogen) atoms. The number of hydrogen-bond acceptors (Lipinski definition) is 2. The Morgan fingerprint density at radius 2 is 1.74 bits per heavy atom. The molecule has 1 aliphatic heterocycles. The SMILES string of the molecule is Cc1ccccc1CN1CC(C)CC(NCc2ccccc2)C1. The molecule has 0 bridgehead atoms. The van der Waals surface area contributed by atoms with Crippen molar-refractivity contribution in [2.45, 2.75) is 39.4 Å². The van der Waals surface area contributed by atoms with Crippen LogP contribution in [0.2, 0.25) is 0 Å². The molecule has 0 aromatic heterocycles. The molecule has 2 unspecified atom stereocenters. The molecule has 1 fully saturated rings. The summed E-state index contributed by atoms with van der Waals surface area (Å²) in [6.07, 6.45) is 1.27. The van der Waals surface area contributed by atoms with Gasteiger partial charge in [0, 0.05) is 32.2 Å². The molecular weight excluding hydrogens is 280 g/mol. The largest absolute Gasteiger partial charge is 0.309 e. The molecule has 0 aliphatic carbocycles. The van der Waals surface area contributed by atoms with E-state index in [2.05, 4.69) is 78.7 Å². The Labute approximate surface area is 140 Å². The van der Waals surface area contributed by atoms with Crippen LogP contribution in [0, 0.1) is 12.8 Å². The minimum Gasteiger partial charge on any atom is -0.309 e. The molecule has 2 atom stereocenters. The topological polar surface area (TPSA) is 15.3 Å². The Morgan fingerprint density at radius 1 is 1.00 bits per heavy atom. The molecule has 1 saturated heterocycles. The first kappa shape index (κ1) is 16.2. The van der Waals surface area contributed by atoms with E-state index in [1.807, 2.05) is 0 Å². The molecule has 2 heteroatoms. The summed E-state index contributed by atoms with van der Waals surface area (Å²) in [5.41, 5.74) is 4.24. The lowest BCUT2D eigenvalue weighted by Gasteiger charge is -2.37. The van der Waals surface area contributed by atoms with Gasteiger partial charge in [-0.3, -0.25) is 4.90 Å². The van der Waals surface area contributed by atoms with Crippen LogP contribution in [0.5, 0.6) is 0 Å². The van der Waals surface area contributed by atoms with Crippen molar-refractivity contribution in [1.82, 2.24) is 10.2 Å². The fourth-order valence-electron chi connectivity index (χ4n) is 3.63. The molecule has 0 radical (unpaired) electrons. The van der Waals surface area contributed by atoms with Gasteiger partial charge in [0.25, 0.3) is 0 Å². The molecule has 1 N–H and O–H groups in total. The molecule has 3 rings (SSSR count). The van der Waals surface area contributed by atoms with Gasteiger partial charge in [-0.2, -0.15) is 0 Å². The van der Waals surface area contributed by atoms with Gasteiger partial charge >= 0.3 is 0 Å². The van der Waals surface area contributed by atoms with Gasteiger partial charge in [-0.15, -0.1) is 0 Å². The standard InChI is InChI=1S/C21H28N2/c1-17-12-21(22-13-19-9-4-3-5-10-19)16-23(14-17)15-20-11-7-6-8-18(20)2/h3-11,17,21-22H,12-16H2,1-2H3. The Kier molecular flexibility index (Phi) is 5.47. The van der Waals surface area contributed by atoms with Crippen LogP contribution in [0.3, 0.4) is 0 Å². The van der Waals surface area contributed by atoms with Crippen LogP contribution in [0.15, 0.2) is 54.6 Å². The van der Waals surface area contributed by atoms with Gasteiger partial charge in [0.2, 0.25) is 0 Å². The van der Waals surface area contributed by atoms with Gasteiger partial charge < -0.3 is 5.32 Å². The van der Waals surface area contributed by atoms with Crippen LogP contribution < -0.4 is 5.32 Å². The zero-order valence-electron chi connectivity index (χ0n) is 14.3. The molecule has 122 valence electrons. The summed E-state index contributed by atoms with van der Waals surface area (Å²) < 4.78 is 0. The summed E-state index contributed by atoms with van der Waals surface area (Å²) in [4.78, 5) is 2.61. The molecule has 0 amide bonds. The number of likely N-dealkylation sites (tertiary alicyclic amines) is 1. The quantitative estimate of drug-likeness (QED) is 0.898. The van der Waals surface area contributed by atoms with Crippen LogP contribution in [0.1, 0.15) is 30.0 Å². The van der Waals surface area contributed by atoms with Crippen LogP contribution in [0.25, 0.3) is 0 Å². The van der Waals surface area contributed by atoms with E-state index >= 15 is 0 Å². The maximum atomic E-state index is 3.76. The summed E-state index contributed by atoms with van der Waals surface area (Å²) >= 11 is 0. The van der Waals surface area contributed by atoms with E-state index in [-0.39, 0.29) is 0 Å². The summed E-state index contributed by atoms with van der Waals surface area (Å²) in [5.74, 6) is 0.751. The van der Waals surface area contributed by atoms with E-state index in [0.717, 1.165) is 25.6 Å². The van der Waals surface area contributed by atoms with Gasteiger partial charge in [0.05, 0.1) is 0 Å². The van der Waals surface area contributed by atoms with E-state index < -0.39 is 0 Å². The van der Waals surface area contributed by atoms with Crippen LogP contribution in [-0.4, -0.2) is 24.0 Å². The number of rotatable bonds is 5.